The van der Waals surface area contributed by atoms with Crippen molar-refractivity contribution >= 4 is 16.8 Å². The average molecular weight is 306 g/mol. The zero-order valence-corrected chi connectivity index (χ0v) is 12.9. The lowest BCUT2D eigenvalue weighted by Crippen LogP contribution is -2.33. The minimum atomic E-state index is -0.814. The van der Waals surface area contributed by atoms with Gasteiger partial charge in [0.05, 0.1) is 17.5 Å². The molecular weight excluding hydrogens is 288 g/mol. The van der Waals surface area contributed by atoms with Crippen LogP contribution in [-0.2, 0) is 6.42 Å². The van der Waals surface area contributed by atoms with E-state index in [0.29, 0.717) is 12.0 Å². The van der Waals surface area contributed by atoms with Crippen molar-refractivity contribution < 1.29 is 9.90 Å². The summed E-state index contributed by atoms with van der Waals surface area (Å²) in [7, 11) is 0. The van der Waals surface area contributed by atoms with Crippen molar-refractivity contribution in [1.29, 1.82) is 0 Å². The first-order valence-electron chi connectivity index (χ1n) is 7.89. The topological polar surface area (TPSA) is 55.1 Å². The van der Waals surface area contributed by atoms with Crippen LogP contribution in [0.5, 0.6) is 0 Å². The molecule has 2 unspecified atom stereocenters. The fourth-order valence-electron chi connectivity index (χ4n) is 3.66. The van der Waals surface area contributed by atoms with Crippen molar-refractivity contribution in [2.45, 2.75) is 25.9 Å². The zero-order chi connectivity index (χ0) is 16.0. The van der Waals surface area contributed by atoms with Crippen LogP contribution in [0.25, 0.3) is 10.9 Å². The summed E-state index contributed by atoms with van der Waals surface area (Å²) in [5.41, 5.74) is 3.88. The predicted molar refractivity (Wildman–Crippen MR) is 88.3 cm³/mol. The number of carbonyl (C=O) groups excluding carboxylic acids is 1. The highest BCUT2D eigenvalue weighted by molar-refractivity contribution is 5.97. The molecule has 2 aromatic heterocycles. The number of benzene rings is 1. The first-order valence-corrected chi connectivity index (χ1v) is 7.89. The molecule has 0 saturated heterocycles. The minimum Gasteiger partial charge on any atom is -0.388 e. The van der Waals surface area contributed by atoms with E-state index in [4.69, 9.17) is 0 Å². The van der Waals surface area contributed by atoms with Crippen LogP contribution in [-0.4, -0.2) is 20.6 Å². The molecule has 116 valence electrons. The molecular formula is C19H18N2O2. The van der Waals surface area contributed by atoms with E-state index in [1.165, 1.54) is 5.56 Å². The van der Waals surface area contributed by atoms with Crippen molar-refractivity contribution in [1.82, 2.24) is 9.55 Å². The summed E-state index contributed by atoms with van der Waals surface area (Å²) in [5.74, 6) is -0.450. The molecule has 0 saturated carbocycles. The summed E-state index contributed by atoms with van der Waals surface area (Å²) < 4.78 is 1.80. The van der Waals surface area contributed by atoms with Gasteiger partial charge in [-0.05, 0) is 43.0 Å². The van der Waals surface area contributed by atoms with Gasteiger partial charge in [-0.3, -0.25) is 14.3 Å². The molecule has 4 rings (SSSR count). The molecule has 1 aliphatic heterocycles. The predicted octanol–water partition coefficient (Wildman–Crippen LogP) is 3.28. The van der Waals surface area contributed by atoms with Gasteiger partial charge in [0.15, 0.2) is 0 Å². The second-order valence-electron chi connectivity index (χ2n) is 6.14. The molecule has 0 bridgehead atoms. The largest absolute Gasteiger partial charge is 0.388 e. The Balaban J connectivity index is 1.79. The maximum absolute atomic E-state index is 13.0. The molecule has 1 aromatic carbocycles. The third-order valence-corrected chi connectivity index (χ3v) is 4.89. The summed E-state index contributed by atoms with van der Waals surface area (Å²) >= 11 is 0. The number of aliphatic hydroxyl groups is 1. The third-order valence-electron chi connectivity index (χ3n) is 4.89. The molecule has 0 radical (unpaired) electrons. The highest BCUT2D eigenvalue weighted by Crippen LogP contribution is 2.36. The molecule has 1 aliphatic rings. The number of rotatable bonds is 2. The fraction of sp³-hybridized carbons (Fsp3) is 0.263. The van der Waals surface area contributed by atoms with E-state index in [0.717, 1.165) is 23.0 Å². The van der Waals surface area contributed by atoms with Crippen LogP contribution >= 0.6 is 0 Å². The Labute approximate surface area is 134 Å². The first kappa shape index (κ1) is 14.2. The van der Waals surface area contributed by atoms with Gasteiger partial charge in [-0.15, -0.1) is 0 Å². The normalized spacial score (nSPS) is 18.9. The van der Waals surface area contributed by atoms with E-state index in [9.17, 15) is 9.90 Å². The number of aryl methyl sites for hydroxylation is 1. The van der Waals surface area contributed by atoms with E-state index in [-0.39, 0.29) is 5.91 Å². The molecule has 2 atom stereocenters. The van der Waals surface area contributed by atoms with Crippen molar-refractivity contribution in [3.8, 4) is 0 Å². The van der Waals surface area contributed by atoms with Crippen LogP contribution in [0.3, 0.4) is 0 Å². The standard InChI is InChI=1S/C19H18N2O2/c1-12-14-6-2-3-7-17(14)21-16(12)9-8-15(19(21)23)18(22)13-5-4-10-20-11-13/h2-7,10-11,15,18,22H,8-9H2,1H3. The van der Waals surface area contributed by atoms with E-state index in [1.807, 2.05) is 24.3 Å². The van der Waals surface area contributed by atoms with E-state index in [1.54, 1.807) is 23.0 Å². The minimum absolute atomic E-state index is 0.0214. The highest BCUT2D eigenvalue weighted by atomic mass is 16.3. The van der Waals surface area contributed by atoms with E-state index in [2.05, 4.69) is 18.0 Å². The number of carbonyl (C=O) groups is 1. The van der Waals surface area contributed by atoms with E-state index >= 15 is 0 Å². The van der Waals surface area contributed by atoms with Crippen molar-refractivity contribution in [3.63, 3.8) is 0 Å². The lowest BCUT2D eigenvalue weighted by Gasteiger charge is -2.28. The van der Waals surface area contributed by atoms with Gasteiger partial charge in [-0.1, -0.05) is 24.3 Å². The van der Waals surface area contributed by atoms with Gasteiger partial charge in [0.2, 0.25) is 5.91 Å². The Morgan fingerprint density at radius 3 is 2.87 bits per heavy atom. The number of fused-ring (bicyclic) bond motifs is 3. The molecule has 0 fully saturated rings. The molecule has 3 heterocycles. The van der Waals surface area contributed by atoms with Gasteiger partial charge >= 0.3 is 0 Å². The lowest BCUT2D eigenvalue weighted by atomic mass is 9.88. The summed E-state index contributed by atoms with van der Waals surface area (Å²) in [6.07, 6.45) is 3.94. The van der Waals surface area contributed by atoms with Gasteiger partial charge in [0.25, 0.3) is 0 Å². The van der Waals surface area contributed by atoms with Crippen LogP contribution in [0.4, 0.5) is 0 Å². The maximum Gasteiger partial charge on any atom is 0.237 e. The van der Waals surface area contributed by atoms with Gasteiger partial charge in [-0.25, -0.2) is 0 Å². The molecule has 0 amide bonds. The van der Waals surface area contributed by atoms with Crippen LogP contribution < -0.4 is 0 Å². The van der Waals surface area contributed by atoms with Crippen molar-refractivity contribution in [2.24, 2.45) is 5.92 Å². The average Bonchev–Trinajstić information content (AvgIpc) is 2.89. The highest BCUT2D eigenvalue weighted by Gasteiger charge is 2.35. The maximum atomic E-state index is 13.0. The number of aliphatic hydroxyl groups excluding tert-OH is 1. The molecule has 0 spiro atoms. The quantitative estimate of drug-likeness (QED) is 0.790. The molecule has 1 N–H and O–H groups in total. The third kappa shape index (κ3) is 2.10. The molecule has 4 nitrogen and oxygen atoms in total. The number of pyridine rings is 1. The van der Waals surface area contributed by atoms with Gasteiger partial charge in [-0.2, -0.15) is 0 Å². The van der Waals surface area contributed by atoms with Gasteiger partial charge in [0.1, 0.15) is 0 Å². The van der Waals surface area contributed by atoms with Crippen molar-refractivity contribution in [2.75, 3.05) is 0 Å². The van der Waals surface area contributed by atoms with Crippen LogP contribution in [0.1, 0.15) is 34.1 Å². The van der Waals surface area contributed by atoms with Crippen LogP contribution in [0.15, 0.2) is 48.8 Å². The van der Waals surface area contributed by atoms with Gasteiger partial charge < -0.3 is 5.11 Å². The Hall–Kier alpha value is -2.46. The van der Waals surface area contributed by atoms with E-state index < -0.39 is 12.0 Å². The Kier molecular flexibility index (Phi) is 3.27. The number of nitrogens with zero attached hydrogens (tertiary/aromatic N) is 2. The number of hydrogen-bond acceptors (Lipinski definition) is 3. The van der Waals surface area contributed by atoms with Crippen molar-refractivity contribution in [3.05, 3.63) is 65.6 Å². The summed E-state index contributed by atoms with van der Waals surface area (Å²) in [6.45, 7) is 2.07. The fourth-order valence-corrected chi connectivity index (χ4v) is 3.66. The molecule has 3 aromatic rings. The molecule has 4 heteroatoms. The number of aromatic nitrogens is 2. The Morgan fingerprint density at radius 1 is 1.26 bits per heavy atom. The smallest absolute Gasteiger partial charge is 0.237 e. The number of para-hydroxylation sites is 1. The van der Waals surface area contributed by atoms with Crippen LogP contribution in [0, 0.1) is 12.8 Å². The Bertz CT molecular complexity index is 883. The first-order chi connectivity index (χ1) is 11.2. The SMILES string of the molecule is Cc1c2n(c3ccccc13)C(=O)C(C(O)c1cccnc1)CC2. The Morgan fingerprint density at radius 2 is 2.09 bits per heavy atom. The summed E-state index contributed by atoms with van der Waals surface area (Å²) in [5, 5.41) is 11.8. The number of hydrogen-bond donors (Lipinski definition) is 1. The zero-order valence-electron chi connectivity index (χ0n) is 12.9. The second-order valence-corrected chi connectivity index (χ2v) is 6.14. The second kappa shape index (κ2) is 5.32. The molecule has 23 heavy (non-hydrogen) atoms. The van der Waals surface area contributed by atoms with Gasteiger partial charge in [0, 0.05) is 23.5 Å². The summed E-state index contributed by atoms with van der Waals surface area (Å²) in [4.78, 5) is 17.1. The monoisotopic (exact) mass is 306 g/mol. The summed E-state index contributed by atoms with van der Waals surface area (Å²) in [6, 6.07) is 11.6. The lowest BCUT2D eigenvalue weighted by molar-refractivity contribution is 0.0542. The molecule has 0 aliphatic carbocycles. The van der Waals surface area contributed by atoms with Crippen LogP contribution in [0.2, 0.25) is 0 Å².